The third kappa shape index (κ3) is 0.743. The average Bonchev–Trinajstić information content (AvgIpc) is 3.10. The number of ether oxygens (including phenoxy) is 2. The predicted octanol–water partition coefficient (Wildman–Crippen LogP) is 1.83. The largest absolute Gasteiger partial charge is 0.370 e. The van der Waals surface area contributed by atoms with E-state index in [0.29, 0.717) is 24.4 Å². The molecule has 2 heterocycles. The minimum Gasteiger partial charge on any atom is -0.370 e. The molecule has 2 saturated heterocycles. The lowest BCUT2D eigenvalue weighted by atomic mass is 9.64. The first-order chi connectivity index (χ1) is 7.90. The van der Waals surface area contributed by atoms with E-state index >= 15 is 0 Å². The van der Waals surface area contributed by atoms with Crippen molar-refractivity contribution in [3.63, 3.8) is 0 Å². The van der Waals surface area contributed by atoms with Crippen LogP contribution in [-0.2, 0) is 9.47 Å². The van der Waals surface area contributed by atoms with Crippen LogP contribution in [0.5, 0.6) is 0 Å². The molecule has 0 aromatic rings. The molecule has 0 spiro atoms. The van der Waals surface area contributed by atoms with Crippen LogP contribution in [0.4, 0.5) is 0 Å². The summed E-state index contributed by atoms with van der Waals surface area (Å²) in [6.07, 6.45) is 8.55. The minimum atomic E-state index is 0.677. The topological polar surface area (TPSA) is 25.1 Å². The Balaban J connectivity index is 1.42. The van der Waals surface area contributed by atoms with Crippen molar-refractivity contribution in [3.8, 4) is 0 Å². The summed E-state index contributed by atoms with van der Waals surface area (Å²) >= 11 is 0. The molecule has 2 bridgehead atoms. The molecule has 4 saturated carbocycles. The van der Waals surface area contributed by atoms with E-state index in [1.165, 1.54) is 19.3 Å². The van der Waals surface area contributed by atoms with Gasteiger partial charge in [0.25, 0.3) is 0 Å². The number of rotatable bonds is 0. The van der Waals surface area contributed by atoms with E-state index < -0.39 is 0 Å². The van der Waals surface area contributed by atoms with Gasteiger partial charge in [0.1, 0.15) is 0 Å². The van der Waals surface area contributed by atoms with E-state index in [1.807, 2.05) is 0 Å². The highest BCUT2D eigenvalue weighted by molar-refractivity contribution is 5.18. The fraction of sp³-hybridized carbons (Fsp3) is 1.00. The maximum absolute atomic E-state index is 5.81. The second kappa shape index (κ2) is 2.24. The van der Waals surface area contributed by atoms with Crippen molar-refractivity contribution in [2.75, 3.05) is 0 Å². The van der Waals surface area contributed by atoms with Gasteiger partial charge in [-0.05, 0) is 61.2 Å². The van der Waals surface area contributed by atoms with Crippen LogP contribution in [0.1, 0.15) is 25.7 Å². The van der Waals surface area contributed by atoms with Crippen LogP contribution in [0.2, 0.25) is 0 Å². The minimum absolute atomic E-state index is 0.677. The standard InChI is InChI=1S/C14H18O2/c1-5-6-2-10-11(15-10)3-7(6)8(1)13-9(5)4-12-14(13)16-12/h5-14H,1-4H2/t5?,6?,7?,8?,9?,10?,11?,12-,13?,14?/m1/s1. The zero-order valence-electron chi connectivity index (χ0n) is 9.42. The van der Waals surface area contributed by atoms with Crippen LogP contribution in [0, 0.1) is 35.5 Å². The summed E-state index contributed by atoms with van der Waals surface area (Å²) in [5.74, 6) is 6.21. The normalized spacial score (nSPS) is 76.5. The van der Waals surface area contributed by atoms with Crippen molar-refractivity contribution in [2.24, 2.45) is 35.5 Å². The van der Waals surface area contributed by atoms with Gasteiger partial charge < -0.3 is 9.47 Å². The van der Waals surface area contributed by atoms with Gasteiger partial charge in [0.15, 0.2) is 0 Å². The molecule has 9 unspecified atom stereocenters. The van der Waals surface area contributed by atoms with Gasteiger partial charge in [0, 0.05) is 0 Å². The van der Waals surface area contributed by atoms with Crippen LogP contribution in [0.25, 0.3) is 0 Å². The maximum Gasteiger partial charge on any atom is 0.0875 e. The molecule has 2 aliphatic heterocycles. The van der Waals surface area contributed by atoms with E-state index in [1.54, 1.807) is 6.42 Å². The summed E-state index contributed by atoms with van der Waals surface area (Å²) < 4.78 is 11.6. The van der Waals surface area contributed by atoms with Gasteiger partial charge in [0.05, 0.1) is 24.4 Å². The molecule has 0 aromatic heterocycles. The number of fused-ring (bicyclic) bond motifs is 11. The average molecular weight is 218 g/mol. The second-order valence-corrected chi connectivity index (χ2v) is 7.19. The highest BCUT2D eigenvalue weighted by Crippen LogP contribution is 2.70. The number of epoxide rings is 2. The van der Waals surface area contributed by atoms with Crippen molar-refractivity contribution < 1.29 is 9.47 Å². The lowest BCUT2D eigenvalue weighted by molar-refractivity contribution is 0.0502. The van der Waals surface area contributed by atoms with E-state index in [4.69, 9.17) is 9.47 Å². The molecule has 0 amide bonds. The molecule has 16 heavy (non-hydrogen) atoms. The number of hydrogen-bond acceptors (Lipinski definition) is 2. The summed E-state index contributed by atoms with van der Waals surface area (Å²) in [4.78, 5) is 0. The molecule has 0 radical (unpaired) electrons. The quantitative estimate of drug-likeness (QED) is 0.580. The number of hydrogen-bond donors (Lipinski definition) is 0. The van der Waals surface area contributed by atoms with Crippen molar-refractivity contribution in [3.05, 3.63) is 0 Å². The first-order valence-corrected chi connectivity index (χ1v) is 7.21. The monoisotopic (exact) mass is 218 g/mol. The maximum atomic E-state index is 5.81. The smallest absolute Gasteiger partial charge is 0.0875 e. The lowest BCUT2D eigenvalue weighted by Gasteiger charge is -2.40. The van der Waals surface area contributed by atoms with Gasteiger partial charge in [0.2, 0.25) is 0 Å². The molecule has 6 rings (SSSR count). The Kier molecular flexibility index (Phi) is 1.13. The van der Waals surface area contributed by atoms with Gasteiger partial charge in [-0.25, -0.2) is 0 Å². The fourth-order valence-electron chi connectivity index (χ4n) is 6.44. The van der Waals surface area contributed by atoms with Gasteiger partial charge in [-0.3, -0.25) is 0 Å². The van der Waals surface area contributed by atoms with Crippen LogP contribution in [0.3, 0.4) is 0 Å². The lowest BCUT2D eigenvalue weighted by Crippen LogP contribution is -2.38. The van der Waals surface area contributed by atoms with Crippen molar-refractivity contribution in [2.45, 2.75) is 50.1 Å². The van der Waals surface area contributed by atoms with E-state index in [2.05, 4.69) is 0 Å². The van der Waals surface area contributed by atoms with Gasteiger partial charge in [-0.1, -0.05) is 0 Å². The Labute approximate surface area is 95.7 Å². The first-order valence-electron chi connectivity index (χ1n) is 7.21. The highest BCUT2D eigenvalue weighted by Gasteiger charge is 2.70. The molecule has 6 aliphatic rings. The summed E-state index contributed by atoms with van der Waals surface area (Å²) in [6, 6.07) is 0. The summed E-state index contributed by atoms with van der Waals surface area (Å²) in [7, 11) is 0. The second-order valence-electron chi connectivity index (χ2n) is 7.19. The first kappa shape index (κ1) is 8.10. The summed E-state index contributed by atoms with van der Waals surface area (Å²) in [6.45, 7) is 0. The molecule has 0 N–H and O–H groups in total. The molecule has 2 nitrogen and oxygen atoms in total. The van der Waals surface area contributed by atoms with Crippen molar-refractivity contribution >= 4 is 0 Å². The molecule has 0 aromatic carbocycles. The Hall–Kier alpha value is -0.0800. The van der Waals surface area contributed by atoms with Gasteiger partial charge >= 0.3 is 0 Å². The van der Waals surface area contributed by atoms with E-state index in [-0.39, 0.29) is 0 Å². The Morgan fingerprint density at radius 2 is 1.19 bits per heavy atom. The zero-order valence-corrected chi connectivity index (χ0v) is 9.42. The van der Waals surface area contributed by atoms with Crippen molar-refractivity contribution in [1.29, 1.82) is 0 Å². The van der Waals surface area contributed by atoms with Gasteiger partial charge in [-0.2, -0.15) is 0 Å². The van der Waals surface area contributed by atoms with E-state index in [9.17, 15) is 0 Å². The molecule has 2 heteroatoms. The molecule has 4 aliphatic carbocycles. The Morgan fingerprint density at radius 1 is 0.562 bits per heavy atom. The van der Waals surface area contributed by atoms with E-state index in [0.717, 1.165) is 35.5 Å². The molecule has 6 fully saturated rings. The predicted molar refractivity (Wildman–Crippen MR) is 56.7 cm³/mol. The Bertz CT molecular complexity index is 379. The van der Waals surface area contributed by atoms with Gasteiger partial charge in [-0.15, -0.1) is 0 Å². The molecule has 86 valence electrons. The Morgan fingerprint density at radius 3 is 2.06 bits per heavy atom. The van der Waals surface area contributed by atoms with Crippen LogP contribution in [0.15, 0.2) is 0 Å². The SMILES string of the molecule is C1C2OC2CC2C1C1CC2C2C1C[C@H]1OC21. The van der Waals surface area contributed by atoms with Crippen LogP contribution < -0.4 is 0 Å². The molecular weight excluding hydrogens is 200 g/mol. The third-order valence-electron chi connectivity index (χ3n) is 6.94. The zero-order chi connectivity index (χ0) is 10.0. The van der Waals surface area contributed by atoms with Crippen LogP contribution >= 0.6 is 0 Å². The molecular formula is C14H18O2. The van der Waals surface area contributed by atoms with Crippen molar-refractivity contribution in [1.82, 2.24) is 0 Å². The summed E-state index contributed by atoms with van der Waals surface area (Å²) in [5, 5.41) is 0. The molecule has 10 atom stereocenters. The third-order valence-corrected chi connectivity index (χ3v) is 6.94. The highest BCUT2D eigenvalue weighted by atomic mass is 16.6. The van der Waals surface area contributed by atoms with Crippen LogP contribution in [-0.4, -0.2) is 24.4 Å². The summed E-state index contributed by atoms with van der Waals surface area (Å²) in [5.41, 5.74) is 0. The fourth-order valence-corrected chi connectivity index (χ4v) is 6.44.